The van der Waals surface area contributed by atoms with Crippen LogP contribution in [-0.4, -0.2) is 115 Å². The highest BCUT2D eigenvalue weighted by molar-refractivity contribution is 6.23. The summed E-state index contributed by atoms with van der Waals surface area (Å²) in [7, 11) is 0. The van der Waals surface area contributed by atoms with Crippen LogP contribution in [0, 0.1) is 11.8 Å². The van der Waals surface area contributed by atoms with Gasteiger partial charge in [0, 0.05) is 69.0 Å². The smallest absolute Gasteiger partial charge is 0.262 e. The second-order valence-electron chi connectivity index (χ2n) is 16.6. The minimum Gasteiger partial charge on any atom is -0.457 e. The number of carbonyl (C=O) groups excluding carboxylic acids is 4. The number of ether oxygens (including phenoxy) is 1. The van der Waals surface area contributed by atoms with E-state index in [0.717, 1.165) is 96.5 Å². The van der Waals surface area contributed by atoms with Gasteiger partial charge in [0.25, 0.3) is 11.8 Å². The molecule has 0 radical (unpaired) electrons. The van der Waals surface area contributed by atoms with Crippen LogP contribution in [0.1, 0.15) is 52.4 Å². The number of nitrogens with one attached hydrogen (secondary N) is 1. The number of para-hydroxylation sites is 1. The van der Waals surface area contributed by atoms with Gasteiger partial charge >= 0.3 is 0 Å². The zero-order chi connectivity index (χ0) is 39.2. The molecule has 3 N–H and O–H groups in total. The summed E-state index contributed by atoms with van der Waals surface area (Å²) in [5.41, 5.74) is 10.5. The third-order valence-corrected chi connectivity index (χ3v) is 13.3. The molecule has 6 aliphatic rings. The summed E-state index contributed by atoms with van der Waals surface area (Å²) >= 11 is 0. The SMILES string of the molecule is Nc1ncnc2c1c(-c1ccc(Oc3ccccc3)cc1)nn2[C@H]1C[C@@H]2CN(C3CN(C4CN(c5ccc6c(c5)C(=O)N(C5CCC(=O)NC5=O)C6=O)C4)C3)C[C@@H]2C1. The highest BCUT2D eigenvalue weighted by Gasteiger charge is 2.49. The molecular formula is C43H42N10O5. The normalized spacial score (nSPS) is 25.2. The molecule has 7 heterocycles. The van der Waals surface area contributed by atoms with Crippen molar-refractivity contribution < 1.29 is 23.9 Å². The number of amides is 4. The average molecular weight is 779 g/mol. The first-order chi connectivity index (χ1) is 28.3. The number of carbonyl (C=O) groups is 4. The van der Waals surface area contributed by atoms with E-state index in [-0.39, 0.29) is 24.8 Å². The molecule has 15 heteroatoms. The van der Waals surface area contributed by atoms with Crippen molar-refractivity contribution in [3.8, 4) is 22.8 Å². The highest BCUT2D eigenvalue weighted by atomic mass is 16.5. The average Bonchev–Trinajstić information content (AvgIpc) is 3.94. The predicted molar refractivity (Wildman–Crippen MR) is 213 cm³/mol. The molecule has 11 rings (SSSR count). The number of anilines is 2. The van der Waals surface area contributed by atoms with Gasteiger partial charge in [0.15, 0.2) is 5.65 Å². The minimum absolute atomic E-state index is 0.0993. The zero-order valence-electron chi connectivity index (χ0n) is 31.7. The molecule has 294 valence electrons. The van der Waals surface area contributed by atoms with Gasteiger partial charge in [-0.15, -0.1) is 0 Å². The van der Waals surface area contributed by atoms with E-state index < -0.39 is 23.8 Å². The van der Waals surface area contributed by atoms with E-state index in [2.05, 4.69) is 34.7 Å². The molecule has 58 heavy (non-hydrogen) atoms. The Morgan fingerprint density at radius 1 is 0.724 bits per heavy atom. The predicted octanol–water partition coefficient (Wildman–Crippen LogP) is 3.72. The van der Waals surface area contributed by atoms with Crippen LogP contribution in [0.15, 0.2) is 79.1 Å². The molecule has 0 bridgehead atoms. The van der Waals surface area contributed by atoms with Crippen LogP contribution in [0.2, 0.25) is 0 Å². The summed E-state index contributed by atoms with van der Waals surface area (Å²) in [6, 6.07) is 23.3. The molecule has 4 atom stereocenters. The van der Waals surface area contributed by atoms with Gasteiger partial charge in [-0.25, -0.2) is 14.6 Å². The van der Waals surface area contributed by atoms with Gasteiger partial charge in [-0.3, -0.25) is 39.2 Å². The fraction of sp³-hybridized carbons (Fsp3) is 0.372. The molecule has 1 aliphatic carbocycles. The lowest BCUT2D eigenvalue weighted by molar-refractivity contribution is -0.136. The molecule has 15 nitrogen and oxygen atoms in total. The first-order valence-electron chi connectivity index (χ1n) is 20.2. The maximum absolute atomic E-state index is 13.3. The summed E-state index contributed by atoms with van der Waals surface area (Å²) in [5, 5.41) is 8.20. The number of nitrogens with two attached hydrogens (primary N) is 1. The Labute approximate surface area is 333 Å². The van der Waals surface area contributed by atoms with Crippen LogP contribution >= 0.6 is 0 Å². The number of nitrogens with zero attached hydrogens (tertiary/aromatic N) is 8. The van der Waals surface area contributed by atoms with Crippen molar-refractivity contribution in [2.45, 2.75) is 49.9 Å². The Morgan fingerprint density at radius 2 is 1.41 bits per heavy atom. The number of fused-ring (bicyclic) bond motifs is 3. The van der Waals surface area contributed by atoms with E-state index in [1.165, 1.54) is 6.33 Å². The molecule has 4 amide bonds. The van der Waals surface area contributed by atoms with Crippen LogP contribution < -0.4 is 20.7 Å². The van der Waals surface area contributed by atoms with E-state index in [9.17, 15) is 19.2 Å². The van der Waals surface area contributed by atoms with Crippen molar-refractivity contribution in [2.24, 2.45) is 11.8 Å². The number of likely N-dealkylation sites (tertiary alicyclic amines) is 2. The Kier molecular flexibility index (Phi) is 8.12. The number of benzene rings is 3. The highest BCUT2D eigenvalue weighted by Crippen LogP contribution is 2.47. The van der Waals surface area contributed by atoms with E-state index in [1.54, 1.807) is 12.1 Å². The number of nitrogen functional groups attached to an aromatic ring is 1. The largest absolute Gasteiger partial charge is 0.457 e. The lowest BCUT2D eigenvalue weighted by Crippen LogP contribution is -2.69. The number of piperidine rings is 1. The molecule has 2 aromatic heterocycles. The molecular weight excluding hydrogens is 737 g/mol. The van der Waals surface area contributed by atoms with E-state index >= 15 is 0 Å². The van der Waals surface area contributed by atoms with Crippen LogP contribution in [0.4, 0.5) is 11.5 Å². The van der Waals surface area contributed by atoms with Crippen molar-refractivity contribution >= 4 is 46.2 Å². The maximum Gasteiger partial charge on any atom is 0.262 e. The standard InChI is InChI=1S/C43H42N10O5/c44-39-37-38(24-6-9-32(10-7-24)58-31-4-2-1-3-5-31)48-53(40(37)46-23-45-39)28-14-25-17-49(18-26(25)15-28)29-21-51(22-29)30-19-50(20-30)27-8-11-33-34(16-27)43(57)52(42(33)56)35-12-13-36(54)47-41(35)55/h1-11,16,23,25-26,28-30,35H,12-15,17-22H2,(H2,44,45,46)(H,47,54,55)/t25-,26+,28+,35?. The number of imide groups is 2. The third-order valence-electron chi connectivity index (χ3n) is 13.3. The lowest BCUT2D eigenvalue weighted by atomic mass is 9.97. The molecule has 4 saturated heterocycles. The summed E-state index contributed by atoms with van der Waals surface area (Å²) in [6.07, 6.45) is 3.89. The number of hydrogen-bond donors (Lipinski definition) is 2. The number of rotatable bonds is 8. The van der Waals surface area contributed by atoms with Crippen molar-refractivity contribution in [2.75, 3.05) is 49.9 Å². The summed E-state index contributed by atoms with van der Waals surface area (Å²) in [5.74, 6) is 1.24. The monoisotopic (exact) mass is 778 g/mol. The van der Waals surface area contributed by atoms with Gasteiger partial charge < -0.3 is 15.4 Å². The Balaban J connectivity index is 0.694. The second kappa shape index (κ2) is 13.5. The van der Waals surface area contributed by atoms with Crippen LogP contribution in [-0.2, 0) is 9.59 Å². The van der Waals surface area contributed by atoms with Crippen LogP contribution in [0.25, 0.3) is 22.3 Å². The van der Waals surface area contributed by atoms with E-state index in [1.807, 2.05) is 60.7 Å². The molecule has 3 aromatic carbocycles. The van der Waals surface area contributed by atoms with Crippen molar-refractivity contribution in [3.05, 3.63) is 90.3 Å². The van der Waals surface area contributed by atoms with Crippen molar-refractivity contribution in [1.29, 1.82) is 0 Å². The second-order valence-corrected chi connectivity index (χ2v) is 16.6. The van der Waals surface area contributed by atoms with E-state index in [0.29, 0.717) is 40.9 Å². The number of aromatic nitrogens is 4. The topological polar surface area (TPSA) is 172 Å². The molecule has 5 aromatic rings. The maximum atomic E-state index is 13.3. The van der Waals surface area contributed by atoms with Crippen LogP contribution in [0.3, 0.4) is 0 Å². The van der Waals surface area contributed by atoms with Gasteiger partial charge in [0.2, 0.25) is 11.8 Å². The summed E-state index contributed by atoms with van der Waals surface area (Å²) in [6.45, 7) is 6.02. The van der Waals surface area contributed by atoms with Crippen LogP contribution in [0.5, 0.6) is 11.5 Å². The molecule has 1 saturated carbocycles. The molecule has 0 spiro atoms. The summed E-state index contributed by atoms with van der Waals surface area (Å²) < 4.78 is 8.12. The Morgan fingerprint density at radius 3 is 2.16 bits per heavy atom. The van der Waals surface area contributed by atoms with Gasteiger partial charge in [-0.1, -0.05) is 18.2 Å². The first-order valence-corrected chi connectivity index (χ1v) is 20.2. The number of hydrogen-bond acceptors (Lipinski definition) is 12. The fourth-order valence-electron chi connectivity index (χ4n) is 10.1. The quantitative estimate of drug-likeness (QED) is 0.219. The Bertz CT molecular complexity index is 2480. The van der Waals surface area contributed by atoms with Gasteiger partial charge in [-0.2, -0.15) is 5.10 Å². The van der Waals surface area contributed by atoms with Crippen molar-refractivity contribution in [3.63, 3.8) is 0 Å². The Hall–Kier alpha value is -6.19. The van der Waals surface area contributed by atoms with E-state index in [4.69, 9.17) is 15.6 Å². The lowest BCUT2D eigenvalue weighted by Gasteiger charge is -2.54. The first kappa shape index (κ1) is 35.0. The zero-order valence-corrected chi connectivity index (χ0v) is 31.7. The van der Waals surface area contributed by atoms with Gasteiger partial charge in [0.05, 0.1) is 22.6 Å². The third kappa shape index (κ3) is 5.74. The molecule has 5 fully saturated rings. The molecule has 5 aliphatic heterocycles. The van der Waals surface area contributed by atoms with Crippen molar-refractivity contribution in [1.82, 2.24) is 39.8 Å². The molecule has 1 unspecified atom stereocenters. The minimum atomic E-state index is -0.964. The van der Waals surface area contributed by atoms with Gasteiger partial charge in [0.1, 0.15) is 35.4 Å². The van der Waals surface area contributed by atoms with Gasteiger partial charge in [-0.05, 0) is 85.7 Å². The fourth-order valence-corrected chi connectivity index (χ4v) is 10.1. The summed E-state index contributed by atoms with van der Waals surface area (Å²) in [4.78, 5) is 68.1.